The molecule has 0 fully saturated rings. The minimum absolute atomic E-state index is 0.559. The molecule has 0 aliphatic heterocycles. The van der Waals surface area contributed by atoms with Crippen molar-refractivity contribution in [2.45, 2.75) is 12.1 Å². The van der Waals surface area contributed by atoms with Gasteiger partial charge in [0.15, 0.2) is 5.16 Å². The summed E-state index contributed by atoms with van der Waals surface area (Å²) in [7, 11) is -0.766. The van der Waals surface area contributed by atoms with Crippen molar-refractivity contribution in [3.8, 4) is 0 Å². The summed E-state index contributed by atoms with van der Waals surface area (Å²) < 4.78 is 11.3. The van der Waals surface area contributed by atoms with Crippen molar-refractivity contribution >= 4 is 34.2 Å². The fraction of sp³-hybridized carbons (Fsp3) is 0.556. The van der Waals surface area contributed by atoms with Crippen LogP contribution >= 0.6 is 11.8 Å². The Morgan fingerprint density at radius 3 is 2.76 bits per heavy atom. The molecule has 0 aliphatic rings. The van der Waals surface area contributed by atoms with Crippen molar-refractivity contribution in [1.29, 1.82) is 0 Å². The quantitative estimate of drug-likeness (QED) is 0.291. The van der Waals surface area contributed by atoms with Crippen LogP contribution in [-0.2, 0) is 10.8 Å². The van der Waals surface area contributed by atoms with Gasteiger partial charge in [0.1, 0.15) is 11.6 Å². The van der Waals surface area contributed by atoms with Crippen molar-refractivity contribution in [2.75, 3.05) is 35.0 Å². The second-order valence-electron chi connectivity index (χ2n) is 3.13. The maximum absolute atomic E-state index is 11.3. The van der Waals surface area contributed by atoms with Crippen LogP contribution in [0.15, 0.2) is 11.2 Å². The van der Waals surface area contributed by atoms with Gasteiger partial charge in [0.2, 0.25) is 0 Å². The van der Waals surface area contributed by atoms with Gasteiger partial charge in [-0.15, -0.1) is 0 Å². The molecule has 0 aliphatic carbocycles. The van der Waals surface area contributed by atoms with E-state index in [9.17, 15) is 4.21 Å². The summed E-state index contributed by atoms with van der Waals surface area (Å²) in [5.74, 6) is 7.85. The summed E-state index contributed by atoms with van der Waals surface area (Å²) in [5.41, 5.74) is 2.49. The number of nitrogens with two attached hydrogens (primary N) is 1. The van der Waals surface area contributed by atoms with Gasteiger partial charge in [-0.05, 0) is 6.26 Å². The standard InChI is InChI=1S/C9H17N5OS2/c1-3-17(15)5-4-11-7-6-8(14-10)13-9(12-7)16-2/h6H,3-5,10H2,1-2H3,(H2,11,12,13,14). The molecule has 0 saturated heterocycles. The first-order valence-corrected chi connectivity index (χ1v) is 7.89. The molecule has 1 rings (SSSR count). The first-order valence-electron chi connectivity index (χ1n) is 5.18. The Labute approximate surface area is 108 Å². The van der Waals surface area contributed by atoms with Gasteiger partial charge in [-0.25, -0.2) is 15.8 Å². The van der Waals surface area contributed by atoms with Crippen LogP contribution in [-0.4, -0.2) is 38.5 Å². The van der Waals surface area contributed by atoms with E-state index in [-0.39, 0.29) is 0 Å². The third kappa shape index (κ3) is 4.88. The number of thioether (sulfide) groups is 1. The van der Waals surface area contributed by atoms with E-state index in [1.54, 1.807) is 6.07 Å². The minimum Gasteiger partial charge on any atom is -0.369 e. The molecule has 1 aromatic heterocycles. The van der Waals surface area contributed by atoms with E-state index in [0.717, 1.165) is 0 Å². The van der Waals surface area contributed by atoms with E-state index in [0.29, 0.717) is 34.8 Å². The SMILES string of the molecule is CCS(=O)CCNc1cc(NN)nc(SC)n1. The minimum atomic E-state index is -0.766. The number of hydrogen-bond acceptors (Lipinski definition) is 7. The number of nitrogens with zero attached hydrogens (tertiary/aromatic N) is 2. The van der Waals surface area contributed by atoms with Crippen LogP contribution in [0.3, 0.4) is 0 Å². The molecule has 1 unspecified atom stereocenters. The zero-order valence-electron chi connectivity index (χ0n) is 9.90. The number of hydrazine groups is 1. The Kier molecular flexibility index (Phi) is 6.23. The van der Waals surface area contributed by atoms with E-state index in [2.05, 4.69) is 20.7 Å². The second-order valence-corrected chi connectivity index (χ2v) is 5.77. The first kappa shape index (κ1) is 14.2. The van der Waals surface area contributed by atoms with Crippen molar-refractivity contribution < 1.29 is 4.21 Å². The van der Waals surface area contributed by atoms with E-state index >= 15 is 0 Å². The summed E-state index contributed by atoms with van der Waals surface area (Å²) in [5, 5.41) is 3.74. The smallest absolute Gasteiger partial charge is 0.191 e. The van der Waals surface area contributed by atoms with Gasteiger partial charge in [0, 0.05) is 34.9 Å². The molecule has 0 aromatic carbocycles. The maximum atomic E-state index is 11.3. The number of rotatable bonds is 7. The van der Waals surface area contributed by atoms with E-state index in [1.807, 2.05) is 13.2 Å². The molecule has 96 valence electrons. The first-order chi connectivity index (χ1) is 8.19. The highest BCUT2D eigenvalue weighted by molar-refractivity contribution is 7.98. The second kappa shape index (κ2) is 7.46. The molecular weight excluding hydrogens is 258 g/mol. The summed E-state index contributed by atoms with van der Waals surface area (Å²) >= 11 is 1.44. The van der Waals surface area contributed by atoms with Crippen molar-refractivity contribution in [3.63, 3.8) is 0 Å². The van der Waals surface area contributed by atoms with Crippen LogP contribution in [0.4, 0.5) is 11.6 Å². The van der Waals surface area contributed by atoms with Gasteiger partial charge < -0.3 is 10.7 Å². The molecular formula is C9H17N5OS2. The van der Waals surface area contributed by atoms with Crippen molar-refractivity contribution in [2.24, 2.45) is 5.84 Å². The average molecular weight is 275 g/mol. The van der Waals surface area contributed by atoms with Gasteiger partial charge >= 0.3 is 0 Å². The molecule has 17 heavy (non-hydrogen) atoms. The van der Waals surface area contributed by atoms with Crippen molar-refractivity contribution in [3.05, 3.63) is 6.07 Å². The molecule has 1 atom stereocenters. The summed E-state index contributed by atoms with van der Waals surface area (Å²) in [6, 6.07) is 1.72. The molecule has 1 heterocycles. The Balaban J connectivity index is 2.60. The lowest BCUT2D eigenvalue weighted by Gasteiger charge is -2.08. The molecule has 0 bridgehead atoms. The molecule has 0 spiro atoms. The highest BCUT2D eigenvalue weighted by Crippen LogP contribution is 2.16. The number of nitrogens with one attached hydrogen (secondary N) is 2. The van der Waals surface area contributed by atoms with Gasteiger partial charge in [-0.3, -0.25) is 4.21 Å². The third-order valence-corrected chi connectivity index (χ3v) is 3.85. The van der Waals surface area contributed by atoms with Gasteiger partial charge in [0.05, 0.1) is 0 Å². The van der Waals surface area contributed by atoms with Gasteiger partial charge in [-0.2, -0.15) is 0 Å². The van der Waals surface area contributed by atoms with Crippen LogP contribution in [0, 0.1) is 0 Å². The number of anilines is 2. The normalized spacial score (nSPS) is 12.2. The highest BCUT2D eigenvalue weighted by atomic mass is 32.2. The number of nitrogen functional groups attached to an aromatic ring is 1. The van der Waals surface area contributed by atoms with Crippen LogP contribution in [0.2, 0.25) is 0 Å². The highest BCUT2D eigenvalue weighted by Gasteiger charge is 2.03. The molecule has 6 nitrogen and oxygen atoms in total. The molecule has 1 aromatic rings. The van der Waals surface area contributed by atoms with E-state index in [4.69, 9.17) is 5.84 Å². The van der Waals surface area contributed by atoms with Crippen LogP contribution < -0.4 is 16.6 Å². The predicted molar refractivity (Wildman–Crippen MR) is 73.7 cm³/mol. The van der Waals surface area contributed by atoms with E-state index in [1.165, 1.54) is 11.8 Å². The Bertz CT molecular complexity index is 365. The zero-order chi connectivity index (χ0) is 12.7. The fourth-order valence-corrected chi connectivity index (χ4v) is 2.12. The predicted octanol–water partition coefficient (Wildman–Crippen LogP) is 0.665. The van der Waals surface area contributed by atoms with Crippen LogP contribution in [0.1, 0.15) is 6.92 Å². The molecule has 4 N–H and O–H groups in total. The molecule has 8 heteroatoms. The van der Waals surface area contributed by atoms with E-state index < -0.39 is 10.8 Å². The van der Waals surface area contributed by atoms with Crippen LogP contribution in [0.25, 0.3) is 0 Å². The third-order valence-electron chi connectivity index (χ3n) is 1.99. The summed E-state index contributed by atoms with van der Waals surface area (Å²) in [6.45, 7) is 2.53. The monoisotopic (exact) mass is 275 g/mol. The zero-order valence-corrected chi connectivity index (χ0v) is 11.5. The fourth-order valence-electron chi connectivity index (χ4n) is 1.12. The van der Waals surface area contributed by atoms with Crippen molar-refractivity contribution in [1.82, 2.24) is 9.97 Å². The lowest BCUT2D eigenvalue weighted by molar-refractivity contribution is 0.684. The topological polar surface area (TPSA) is 92.9 Å². The molecule has 0 radical (unpaired) electrons. The summed E-state index contributed by atoms with van der Waals surface area (Å²) in [4.78, 5) is 8.41. The Morgan fingerprint density at radius 2 is 2.18 bits per heavy atom. The number of aromatic nitrogens is 2. The van der Waals surface area contributed by atoms with Gasteiger partial charge in [-0.1, -0.05) is 18.7 Å². The lowest BCUT2D eigenvalue weighted by atomic mass is 10.5. The maximum Gasteiger partial charge on any atom is 0.191 e. The molecule has 0 saturated carbocycles. The average Bonchev–Trinajstić information content (AvgIpc) is 2.37. The number of hydrogen-bond donors (Lipinski definition) is 3. The Hall–Kier alpha value is -0.860. The van der Waals surface area contributed by atoms with Gasteiger partial charge in [0.25, 0.3) is 0 Å². The van der Waals surface area contributed by atoms with Crippen LogP contribution in [0.5, 0.6) is 0 Å². The Morgan fingerprint density at radius 1 is 1.47 bits per heavy atom. The lowest BCUT2D eigenvalue weighted by Crippen LogP contribution is -2.14. The largest absolute Gasteiger partial charge is 0.369 e. The molecule has 0 amide bonds. The summed E-state index contributed by atoms with van der Waals surface area (Å²) in [6.07, 6.45) is 1.89.